The SMILES string of the molecule is O=c1[nH]cnc2c1nc(SCc1ccc(F)cc1)n2-c1ccccc1. The number of benzene rings is 2. The molecule has 2 heterocycles. The van der Waals surface area contributed by atoms with Crippen LogP contribution in [0, 0.1) is 5.82 Å². The molecule has 0 spiro atoms. The molecule has 2 aromatic heterocycles. The monoisotopic (exact) mass is 352 g/mol. The molecule has 0 unspecified atom stereocenters. The zero-order valence-electron chi connectivity index (χ0n) is 13.0. The number of fused-ring (bicyclic) bond motifs is 1. The number of para-hydroxylation sites is 1. The standard InChI is InChI=1S/C18H13FN4OS/c19-13-8-6-12(7-9-13)10-25-18-22-15-16(20-11-21-17(15)24)23(18)14-4-2-1-3-5-14/h1-9,11H,10H2,(H,20,21,24). The van der Waals surface area contributed by atoms with Gasteiger partial charge in [-0.2, -0.15) is 0 Å². The highest BCUT2D eigenvalue weighted by molar-refractivity contribution is 7.98. The van der Waals surface area contributed by atoms with Gasteiger partial charge in [0.1, 0.15) is 5.82 Å². The van der Waals surface area contributed by atoms with Crippen molar-refractivity contribution in [3.8, 4) is 5.69 Å². The second-order valence-electron chi connectivity index (χ2n) is 5.38. The first kappa shape index (κ1) is 15.6. The molecule has 0 aliphatic carbocycles. The van der Waals surface area contributed by atoms with Crippen LogP contribution in [0.1, 0.15) is 5.56 Å². The fraction of sp³-hybridized carbons (Fsp3) is 0.0556. The first-order valence-electron chi connectivity index (χ1n) is 7.61. The molecule has 2 aromatic carbocycles. The van der Waals surface area contributed by atoms with Gasteiger partial charge in [-0.1, -0.05) is 42.1 Å². The van der Waals surface area contributed by atoms with E-state index in [0.717, 1.165) is 11.3 Å². The van der Waals surface area contributed by atoms with Gasteiger partial charge in [-0.3, -0.25) is 9.36 Å². The molecule has 0 amide bonds. The van der Waals surface area contributed by atoms with Crippen LogP contribution < -0.4 is 5.56 Å². The summed E-state index contributed by atoms with van der Waals surface area (Å²) >= 11 is 1.47. The van der Waals surface area contributed by atoms with E-state index >= 15 is 0 Å². The highest BCUT2D eigenvalue weighted by Crippen LogP contribution is 2.27. The molecule has 0 fully saturated rings. The normalized spacial score (nSPS) is 11.1. The van der Waals surface area contributed by atoms with E-state index in [4.69, 9.17) is 0 Å². The van der Waals surface area contributed by atoms with Crippen LogP contribution in [0.25, 0.3) is 16.9 Å². The molecule has 25 heavy (non-hydrogen) atoms. The van der Waals surface area contributed by atoms with E-state index in [0.29, 0.717) is 22.1 Å². The molecule has 0 saturated heterocycles. The molecule has 5 nitrogen and oxygen atoms in total. The minimum absolute atomic E-state index is 0.263. The van der Waals surface area contributed by atoms with Crippen molar-refractivity contribution < 1.29 is 4.39 Å². The summed E-state index contributed by atoms with van der Waals surface area (Å²) in [5, 5.41) is 0.662. The average molecular weight is 352 g/mol. The summed E-state index contributed by atoms with van der Waals surface area (Å²) in [4.78, 5) is 23.4. The van der Waals surface area contributed by atoms with Crippen LogP contribution in [0.4, 0.5) is 4.39 Å². The minimum atomic E-state index is -0.275. The van der Waals surface area contributed by atoms with Crippen LogP contribution in [-0.2, 0) is 5.75 Å². The summed E-state index contributed by atoms with van der Waals surface area (Å²) in [5.41, 5.74) is 2.39. The minimum Gasteiger partial charge on any atom is -0.311 e. The molecule has 0 aliphatic heterocycles. The van der Waals surface area contributed by atoms with Crippen molar-refractivity contribution >= 4 is 22.9 Å². The molecule has 4 aromatic rings. The van der Waals surface area contributed by atoms with Crippen molar-refractivity contribution in [2.75, 3.05) is 0 Å². The van der Waals surface area contributed by atoms with Crippen molar-refractivity contribution in [3.63, 3.8) is 0 Å². The number of aromatic nitrogens is 4. The summed E-state index contributed by atoms with van der Waals surface area (Å²) in [5.74, 6) is 0.343. The lowest BCUT2D eigenvalue weighted by atomic mass is 10.2. The number of nitrogens with zero attached hydrogens (tertiary/aromatic N) is 3. The summed E-state index contributed by atoms with van der Waals surface area (Å²) in [6.45, 7) is 0. The number of hydrogen-bond donors (Lipinski definition) is 1. The van der Waals surface area contributed by atoms with E-state index in [9.17, 15) is 9.18 Å². The average Bonchev–Trinajstić information content (AvgIpc) is 3.02. The van der Waals surface area contributed by atoms with E-state index in [1.165, 1.54) is 30.2 Å². The zero-order chi connectivity index (χ0) is 17.2. The van der Waals surface area contributed by atoms with Crippen molar-refractivity contribution in [1.29, 1.82) is 0 Å². The predicted molar refractivity (Wildman–Crippen MR) is 95.4 cm³/mol. The third kappa shape index (κ3) is 3.06. The highest BCUT2D eigenvalue weighted by Gasteiger charge is 2.16. The molecule has 0 atom stereocenters. The lowest BCUT2D eigenvalue weighted by Crippen LogP contribution is -2.07. The van der Waals surface area contributed by atoms with Gasteiger partial charge in [-0.05, 0) is 29.8 Å². The number of hydrogen-bond acceptors (Lipinski definition) is 4. The summed E-state index contributed by atoms with van der Waals surface area (Å²) < 4.78 is 14.9. The van der Waals surface area contributed by atoms with E-state index in [1.807, 2.05) is 34.9 Å². The van der Waals surface area contributed by atoms with Crippen LogP contribution in [0.2, 0.25) is 0 Å². The van der Waals surface area contributed by atoms with Gasteiger partial charge in [0.2, 0.25) is 0 Å². The van der Waals surface area contributed by atoms with Crippen LogP contribution in [0.3, 0.4) is 0 Å². The van der Waals surface area contributed by atoms with Gasteiger partial charge >= 0.3 is 0 Å². The number of imidazole rings is 1. The van der Waals surface area contributed by atoms with Crippen LogP contribution in [0.15, 0.2) is 70.9 Å². The molecular weight excluding hydrogens is 339 g/mol. The largest absolute Gasteiger partial charge is 0.311 e. The number of H-pyrrole nitrogens is 1. The van der Waals surface area contributed by atoms with Crippen molar-refractivity contribution in [1.82, 2.24) is 19.5 Å². The molecule has 7 heteroatoms. The maximum absolute atomic E-state index is 13.0. The molecule has 1 N–H and O–H groups in total. The van der Waals surface area contributed by atoms with Gasteiger partial charge < -0.3 is 4.98 Å². The Balaban J connectivity index is 1.78. The Hall–Kier alpha value is -2.93. The Morgan fingerprint density at radius 1 is 1.08 bits per heavy atom. The number of thioether (sulfide) groups is 1. The maximum atomic E-state index is 13.0. The maximum Gasteiger partial charge on any atom is 0.278 e. The fourth-order valence-corrected chi connectivity index (χ4v) is 3.48. The topological polar surface area (TPSA) is 63.6 Å². The number of nitrogens with one attached hydrogen (secondary N) is 1. The zero-order valence-corrected chi connectivity index (χ0v) is 13.8. The van der Waals surface area contributed by atoms with Gasteiger partial charge in [0.05, 0.1) is 6.33 Å². The van der Waals surface area contributed by atoms with Crippen molar-refractivity contribution in [2.24, 2.45) is 0 Å². The highest BCUT2D eigenvalue weighted by atomic mass is 32.2. The van der Waals surface area contributed by atoms with Gasteiger partial charge in [0.25, 0.3) is 5.56 Å². The second kappa shape index (κ2) is 6.52. The molecular formula is C18H13FN4OS. The summed E-state index contributed by atoms with van der Waals surface area (Å²) in [6.07, 6.45) is 1.38. The lowest BCUT2D eigenvalue weighted by Gasteiger charge is -2.08. The van der Waals surface area contributed by atoms with Crippen molar-refractivity contribution in [3.05, 3.63) is 82.7 Å². The van der Waals surface area contributed by atoms with Crippen molar-refractivity contribution in [2.45, 2.75) is 10.9 Å². The van der Waals surface area contributed by atoms with E-state index in [2.05, 4.69) is 15.0 Å². The molecule has 0 bridgehead atoms. The van der Waals surface area contributed by atoms with E-state index in [-0.39, 0.29) is 11.4 Å². The Morgan fingerprint density at radius 3 is 2.60 bits per heavy atom. The fourth-order valence-electron chi connectivity index (χ4n) is 2.52. The number of aromatic amines is 1. The third-order valence-corrected chi connectivity index (χ3v) is 4.73. The first-order chi connectivity index (χ1) is 12.2. The molecule has 124 valence electrons. The molecule has 0 radical (unpaired) electrons. The smallest absolute Gasteiger partial charge is 0.278 e. The first-order valence-corrected chi connectivity index (χ1v) is 8.60. The van der Waals surface area contributed by atoms with Crippen LogP contribution in [-0.4, -0.2) is 19.5 Å². The number of rotatable bonds is 4. The Kier molecular flexibility index (Phi) is 4.07. The number of halogens is 1. The molecule has 4 rings (SSSR count). The summed E-state index contributed by atoms with van der Waals surface area (Å²) in [7, 11) is 0. The van der Waals surface area contributed by atoms with Crippen LogP contribution >= 0.6 is 11.8 Å². The summed E-state index contributed by atoms with van der Waals surface area (Å²) in [6, 6.07) is 16.0. The third-order valence-electron chi connectivity index (χ3n) is 3.72. The molecule has 0 saturated carbocycles. The predicted octanol–water partition coefficient (Wildman–Crippen LogP) is 3.54. The van der Waals surface area contributed by atoms with Gasteiger partial charge in [0.15, 0.2) is 16.3 Å². The van der Waals surface area contributed by atoms with Gasteiger partial charge in [0, 0.05) is 11.4 Å². The quantitative estimate of drug-likeness (QED) is 0.571. The van der Waals surface area contributed by atoms with Gasteiger partial charge in [-0.25, -0.2) is 14.4 Å². The Bertz CT molecular complexity index is 1070. The Labute approximate surface area is 146 Å². The van der Waals surface area contributed by atoms with Gasteiger partial charge in [-0.15, -0.1) is 0 Å². The lowest BCUT2D eigenvalue weighted by molar-refractivity contribution is 0.627. The Morgan fingerprint density at radius 2 is 1.84 bits per heavy atom. The van der Waals surface area contributed by atoms with Crippen LogP contribution in [0.5, 0.6) is 0 Å². The van der Waals surface area contributed by atoms with E-state index in [1.54, 1.807) is 12.1 Å². The second-order valence-corrected chi connectivity index (χ2v) is 6.33. The van der Waals surface area contributed by atoms with E-state index < -0.39 is 0 Å². The molecule has 0 aliphatic rings.